The third-order valence-electron chi connectivity index (χ3n) is 4.16. The van der Waals surface area contributed by atoms with Crippen molar-refractivity contribution >= 4 is 24.0 Å². The van der Waals surface area contributed by atoms with Crippen LogP contribution in [0.1, 0.15) is 13.3 Å². The summed E-state index contributed by atoms with van der Waals surface area (Å²) in [6.07, 6.45) is 1.03. The lowest BCUT2D eigenvalue weighted by Gasteiger charge is -2.22. The Bertz CT molecular complexity index is 541. The molecule has 1 aromatic rings. The van der Waals surface area contributed by atoms with Crippen molar-refractivity contribution in [2.45, 2.75) is 13.3 Å². The normalized spacial score (nSPS) is 20.7. The Kier molecular flexibility index (Phi) is 7.12. The van der Waals surface area contributed by atoms with Crippen molar-refractivity contribution in [1.29, 1.82) is 0 Å². The lowest BCUT2D eigenvalue weighted by Crippen LogP contribution is -2.35. The summed E-state index contributed by atoms with van der Waals surface area (Å²) in [5, 5.41) is 2.89. The second-order valence-corrected chi connectivity index (χ2v) is 6.09. The molecule has 23 heavy (non-hydrogen) atoms. The lowest BCUT2D eigenvalue weighted by atomic mass is 9.90. The first-order chi connectivity index (χ1) is 10.5. The van der Waals surface area contributed by atoms with Crippen LogP contribution >= 0.6 is 12.4 Å². The maximum absolute atomic E-state index is 12.2. The van der Waals surface area contributed by atoms with E-state index in [1.165, 1.54) is 0 Å². The first-order valence-corrected chi connectivity index (χ1v) is 7.44. The van der Waals surface area contributed by atoms with Crippen LogP contribution in [0.5, 0.6) is 11.5 Å². The topological polar surface area (TPSA) is 76.8 Å². The number of carbonyl (C=O) groups is 1. The second kappa shape index (κ2) is 8.38. The summed E-state index contributed by atoms with van der Waals surface area (Å²) in [5.74, 6) is 1.20. The molecule has 1 aliphatic heterocycles. The lowest BCUT2D eigenvalue weighted by molar-refractivity contribution is -0.117. The van der Waals surface area contributed by atoms with E-state index in [1.807, 2.05) is 0 Å². The number of hydrogen-bond acceptors (Lipinski definition) is 5. The molecule has 0 aromatic heterocycles. The van der Waals surface area contributed by atoms with Gasteiger partial charge in [-0.2, -0.15) is 0 Å². The monoisotopic (exact) mass is 343 g/mol. The minimum absolute atomic E-state index is 0. The highest BCUT2D eigenvalue weighted by atomic mass is 35.5. The van der Waals surface area contributed by atoms with Gasteiger partial charge in [0.2, 0.25) is 5.91 Å². The van der Waals surface area contributed by atoms with Crippen LogP contribution in [-0.2, 0) is 4.79 Å². The van der Waals surface area contributed by atoms with Crippen molar-refractivity contribution in [1.82, 2.24) is 4.90 Å². The maximum atomic E-state index is 12.2. The van der Waals surface area contributed by atoms with Gasteiger partial charge in [0.05, 0.1) is 20.8 Å². The van der Waals surface area contributed by atoms with Crippen LogP contribution in [0.25, 0.3) is 0 Å². The Balaban J connectivity index is 0.00000264. The van der Waals surface area contributed by atoms with E-state index in [-0.39, 0.29) is 23.7 Å². The Morgan fingerprint density at radius 3 is 2.61 bits per heavy atom. The second-order valence-electron chi connectivity index (χ2n) is 6.09. The summed E-state index contributed by atoms with van der Waals surface area (Å²) < 4.78 is 10.4. The third kappa shape index (κ3) is 4.99. The van der Waals surface area contributed by atoms with Crippen LogP contribution in [0, 0.1) is 5.41 Å². The predicted octanol–water partition coefficient (Wildman–Crippen LogP) is 1.73. The number of halogens is 1. The van der Waals surface area contributed by atoms with E-state index < -0.39 is 0 Å². The average molecular weight is 344 g/mol. The first kappa shape index (κ1) is 19.5. The highest BCUT2D eigenvalue weighted by Gasteiger charge is 2.33. The molecule has 1 aliphatic rings. The number of nitrogens with two attached hydrogens (primary N) is 1. The van der Waals surface area contributed by atoms with Crippen molar-refractivity contribution in [3.8, 4) is 11.5 Å². The van der Waals surface area contributed by atoms with Crippen molar-refractivity contribution in [3.63, 3.8) is 0 Å². The molecular formula is C16H26ClN3O3. The summed E-state index contributed by atoms with van der Waals surface area (Å²) in [6, 6.07) is 5.33. The largest absolute Gasteiger partial charge is 0.493 e. The molecule has 6 nitrogen and oxygen atoms in total. The van der Waals surface area contributed by atoms with E-state index >= 15 is 0 Å². The van der Waals surface area contributed by atoms with Gasteiger partial charge in [-0.15, -0.1) is 12.4 Å². The molecule has 1 unspecified atom stereocenters. The molecule has 130 valence electrons. The summed E-state index contributed by atoms with van der Waals surface area (Å²) in [4.78, 5) is 14.3. The highest BCUT2D eigenvalue weighted by Crippen LogP contribution is 2.30. The van der Waals surface area contributed by atoms with Gasteiger partial charge in [-0.05, 0) is 37.1 Å². The number of hydrogen-bond donors (Lipinski definition) is 2. The van der Waals surface area contributed by atoms with Crippen molar-refractivity contribution in [2.24, 2.45) is 11.1 Å². The number of amides is 1. The van der Waals surface area contributed by atoms with Gasteiger partial charge in [0, 0.05) is 18.3 Å². The fourth-order valence-corrected chi connectivity index (χ4v) is 2.75. The first-order valence-electron chi connectivity index (χ1n) is 7.44. The van der Waals surface area contributed by atoms with Crippen LogP contribution in [0.2, 0.25) is 0 Å². The molecule has 1 amide bonds. The van der Waals surface area contributed by atoms with E-state index in [1.54, 1.807) is 32.4 Å². The maximum Gasteiger partial charge on any atom is 0.238 e. The molecule has 1 saturated heterocycles. The average Bonchev–Trinajstić information content (AvgIpc) is 2.88. The summed E-state index contributed by atoms with van der Waals surface area (Å²) in [6.45, 7) is 4.97. The number of carbonyl (C=O) groups excluding carboxylic acids is 1. The Morgan fingerprint density at radius 1 is 1.35 bits per heavy atom. The summed E-state index contributed by atoms with van der Waals surface area (Å²) in [5.41, 5.74) is 6.62. The fourth-order valence-electron chi connectivity index (χ4n) is 2.75. The van der Waals surface area contributed by atoms with E-state index in [0.29, 0.717) is 30.3 Å². The molecule has 3 N–H and O–H groups in total. The van der Waals surface area contributed by atoms with Crippen molar-refractivity contribution < 1.29 is 14.3 Å². The number of nitrogens with zero attached hydrogens (tertiary/aromatic N) is 1. The quantitative estimate of drug-likeness (QED) is 0.822. The van der Waals surface area contributed by atoms with Crippen LogP contribution < -0.4 is 20.5 Å². The Labute approximate surface area is 143 Å². The third-order valence-corrected chi connectivity index (χ3v) is 4.16. The number of benzene rings is 1. The summed E-state index contributed by atoms with van der Waals surface area (Å²) in [7, 11) is 3.15. The zero-order valence-corrected chi connectivity index (χ0v) is 14.7. The van der Waals surface area contributed by atoms with E-state index in [9.17, 15) is 4.79 Å². The van der Waals surface area contributed by atoms with Gasteiger partial charge >= 0.3 is 0 Å². The minimum Gasteiger partial charge on any atom is -0.493 e. The molecule has 7 heteroatoms. The number of rotatable bonds is 6. The number of methoxy groups -OCH3 is 2. The van der Waals surface area contributed by atoms with E-state index in [2.05, 4.69) is 17.1 Å². The smallest absolute Gasteiger partial charge is 0.238 e. The number of nitrogens with one attached hydrogen (secondary N) is 1. The number of anilines is 1. The molecular weight excluding hydrogens is 318 g/mol. The van der Waals surface area contributed by atoms with Gasteiger partial charge in [0.15, 0.2) is 11.5 Å². The van der Waals surface area contributed by atoms with Gasteiger partial charge in [-0.25, -0.2) is 0 Å². The molecule has 2 rings (SSSR count). The number of likely N-dealkylation sites (tertiary alicyclic amines) is 1. The standard InChI is InChI=1S/C16H25N3O3.ClH/c1-16(10-17)6-7-19(11-16)9-15(20)18-12-4-5-13(21-2)14(8-12)22-3;/h4-5,8H,6-7,9-11,17H2,1-3H3,(H,18,20);1H. The molecule has 1 heterocycles. The molecule has 0 radical (unpaired) electrons. The Hall–Kier alpha value is -1.50. The summed E-state index contributed by atoms with van der Waals surface area (Å²) >= 11 is 0. The van der Waals surface area contributed by atoms with E-state index in [4.69, 9.17) is 15.2 Å². The molecule has 1 atom stereocenters. The van der Waals surface area contributed by atoms with Gasteiger partial charge in [-0.1, -0.05) is 6.92 Å². The zero-order chi connectivity index (χ0) is 16.2. The van der Waals surface area contributed by atoms with Crippen LogP contribution in [-0.4, -0.2) is 51.2 Å². The minimum atomic E-state index is -0.0338. The molecule has 0 aliphatic carbocycles. The van der Waals surface area contributed by atoms with Crippen molar-refractivity contribution in [2.75, 3.05) is 45.7 Å². The van der Waals surface area contributed by atoms with Gasteiger partial charge in [0.25, 0.3) is 0 Å². The molecule has 1 aromatic carbocycles. The highest BCUT2D eigenvalue weighted by molar-refractivity contribution is 5.92. The van der Waals surface area contributed by atoms with Gasteiger partial charge < -0.3 is 20.5 Å². The molecule has 0 saturated carbocycles. The number of ether oxygens (including phenoxy) is 2. The molecule has 0 bridgehead atoms. The van der Waals surface area contributed by atoms with Gasteiger partial charge in [-0.3, -0.25) is 9.69 Å². The predicted molar refractivity (Wildman–Crippen MR) is 93.6 cm³/mol. The van der Waals surface area contributed by atoms with Gasteiger partial charge in [0.1, 0.15) is 0 Å². The van der Waals surface area contributed by atoms with E-state index in [0.717, 1.165) is 19.5 Å². The van der Waals surface area contributed by atoms with Crippen LogP contribution in [0.15, 0.2) is 18.2 Å². The Morgan fingerprint density at radius 2 is 2.04 bits per heavy atom. The van der Waals surface area contributed by atoms with Crippen LogP contribution in [0.4, 0.5) is 5.69 Å². The molecule has 0 spiro atoms. The van der Waals surface area contributed by atoms with Crippen molar-refractivity contribution in [3.05, 3.63) is 18.2 Å². The SMILES string of the molecule is COc1ccc(NC(=O)CN2CCC(C)(CN)C2)cc1OC.Cl. The molecule has 1 fully saturated rings. The fraction of sp³-hybridized carbons (Fsp3) is 0.562. The zero-order valence-electron chi connectivity index (χ0n) is 13.9. The van der Waals surface area contributed by atoms with Crippen LogP contribution in [0.3, 0.4) is 0 Å².